The molecule has 0 aliphatic rings. The van der Waals surface area contributed by atoms with E-state index in [1.54, 1.807) is 27.7 Å². The van der Waals surface area contributed by atoms with E-state index in [2.05, 4.69) is 66.7 Å². The van der Waals surface area contributed by atoms with Crippen LogP contribution in [0.2, 0.25) is 0 Å². The number of Topliss-reactive ketones (excluding diaryl/α,β-unsaturated/α-hetero) is 4. The van der Waals surface area contributed by atoms with E-state index in [-0.39, 0.29) is 640 Å². The molecule has 0 saturated carbocycles. The Kier molecular flexibility index (Phi) is 278. The van der Waals surface area contributed by atoms with Crippen LogP contribution >= 0.6 is 99.1 Å². The Hall–Kier alpha value is 11.8. The maximum absolute atomic E-state index is 12.6. The Morgan fingerprint density at radius 2 is 0.400 bits per heavy atom. The number of carboxylic acid groups (broad SMARTS) is 2. The fourth-order valence-corrected chi connectivity index (χ4v) is 7.55. The molecule has 150 heavy (non-hydrogen) atoms. The van der Waals surface area contributed by atoms with Gasteiger partial charge >= 0.3 is 651 Å². The zero-order valence-corrected chi connectivity index (χ0v) is 124. The number of ether oxygens (including phenoxy) is 4. The number of carbonyl (C=O) groups is 12. The first-order chi connectivity index (χ1) is 63.1. The van der Waals surface area contributed by atoms with Crippen LogP contribution < -0.4 is 79.6 Å². The second kappa shape index (κ2) is 178. The molecule has 0 saturated heterocycles. The smallest absolute Gasteiger partial charge is 0.565 e. The van der Waals surface area contributed by atoms with E-state index < -0.39 is 183 Å². The molecular formula is C56H104Ca14N2O66P12+26. The van der Waals surface area contributed by atoms with Crippen molar-refractivity contribution in [2.75, 3.05) is 39.5 Å². The topological polar surface area (TPSA) is 1150 Å². The van der Waals surface area contributed by atoms with E-state index in [1.165, 1.54) is 0 Å². The van der Waals surface area contributed by atoms with Crippen molar-refractivity contribution >= 4 is 698 Å². The molecule has 0 aliphatic carbocycles. The molecule has 0 aromatic heterocycles. The Morgan fingerprint density at radius 3 is 0.540 bits per heavy atom. The second-order valence-electron chi connectivity index (χ2n) is 23.6. The van der Waals surface area contributed by atoms with Crippen LogP contribution in [0.15, 0.2) is 0 Å². The van der Waals surface area contributed by atoms with Crippen molar-refractivity contribution in [2.24, 2.45) is 47.3 Å². The molecule has 0 radical (unpaired) electrons. The Balaban J connectivity index is -0.0000000465. The van der Waals surface area contributed by atoms with Gasteiger partial charge in [-0.2, -0.15) is 0 Å². The minimum absolute atomic E-state index is 0. The third kappa shape index (κ3) is 225. The van der Waals surface area contributed by atoms with Crippen molar-refractivity contribution in [3.05, 3.63) is 0 Å². The van der Waals surface area contributed by atoms with Gasteiger partial charge in [0.1, 0.15) is 23.1 Å². The fourth-order valence-electron chi connectivity index (χ4n) is 7.55. The molecule has 20 atom stereocenters. The molecule has 0 fully saturated rings. The third-order valence-electron chi connectivity index (χ3n) is 13.9. The monoisotopic (exact) mass is 2790 g/mol. The fraction of sp³-hybridized carbons (Fsp3) is 0.786. The molecule has 0 rings (SSSR count). The normalized spacial score (nSPS) is 11.6. The number of carbonyl (C=O) groups excluding carboxylic acids is 12. The van der Waals surface area contributed by atoms with Crippen molar-refractivity contribution in [1.29, 1.82) is 0 Å². The largest absolute Gasteiger partial charge is 2.00 e. The molecule has 20 unspecified atom stereocenters. The minimum Gasteiger partial charge on any atom is -0.565 e. The van der Waals surface area contributed by atoms with Crippen molar-refractivity contribution < 1.29 is 319 Å². The number of hydrogen-bond acceptors (Lipinski definition) is 66. The van der Waals surface area contributed by atoms with Crippen molar-refractivity contribution in [1.82, 2.24) is 10.6 Å². The van der Waals surface area contributed by atoms with Crippen molar-refractivity contribution in [3.63, 3.8) is 0 Å². The van der Waals surface area contributed by atoms with E-state index >= 15 is 0 Å². The maximum atomic E-state index is 12.6. The van der Waals surface area contributed by atoms with Gasteiger partial charge in [-0.1, -0.05) is 69.2 Å². The van der Waals surface area contributed by atoms with Crippen molar-refractivity contribution in [3.8, 4) is 0 Å². The molecule has 2 amide bonds. The second-order valence-corrected chi connectivity index (χ2v) is 31.0. The van der Waals surface area contributed by atoms with E-state index in [4.69, 9.17) is 196 Å². The first kappa shape index (κ1) is 234. The van der Waals surface area contributed by atoms with Crippen LogP contribution in [0.25, 0.3) is 0 Å². The van der Waals surface area contributed by atoms with Gasteiger partial charge in [0.05, 0.1) is 63.3 Å². The number of aliphatic carboxylic acids is 2. The van der Waals surface area contributed by atoms with E-state index in [0.717, 1.165) is 12.8 Å². The summed E-state index contributed by atoms with van der Waals surface area (Å²) >= 11 is 0. The van der Waals surface area contributed by atoms with Gasteiger partial charge in [-0.15, -0.1) is 0 Å². The Bertz CT molecular complexity index is 3010. The summed E-state index contributed by atoms with van der Waals surface area (Å²) in [6.45, 7) is 17.4. The summed E-state index contributed by atoms with van der Waals surface area (Å²) in [7, 11) is -36.5. The van der Waals surface area contributed by atoms with Crippen LogP contribution in [0.5, 0.6) is 0 Å². The number of carboxylic acids is 2. The average molecular weight is 2790 g/mol. The van der Waals surface area contributed by atoms with Gasteiger partial charge in [0.15, 0.2) is 0 Å². The average Bonchev–Trinajstić information content (AvgIpc) is 0.894. The van der Waals surface area contributed by atoms with E-state index in [9.17, 15) is 67.7 Å². The molecular weight excluding hydrogens is 2690 g/mol. The predicted octanol–water partition coefficient (Wildman–Crippen LogP) is -6.32. The summed E-state index contributed by atoms with van der Waals surface area (Å²) < 4.78 is 160. The molecule has 0 spiro atoms. The van der Waals surface area contributed by atoms with Crippen LogP contribution in [-0.4, -0.2) is 702 Å². The number of nitrogens with one attached hydrogen (secondary N) is 2. The molecule has 0 aromatic rings. The van der Waals surface area contributed by atoms with E-state index in [1.807, 2.05) is 41.5 Å². The quantitative estimate of drug-likeness (QED) is 0.00512. The number of esters is 4. The number of amides is 2. The third-order valence-corrected chi connectivity index (χ3v) is 15.5. The first-order valence-corrected chi connectivity index (χ1v) is 49.5. The summed E-state index contributed by atoms with van der Waals surface area (Å²) in [5, 5.41) is 111. The Morgan fingerprint density at radius 1 is 0.247 bits per heavy atom. The van der Waals surface area contributed by atoms with Gasteiger partial charge in [0, 0.05) is 130 Å². The maximum Gasteiger partial charge on any atom is 2.00 e. The molecule has 94 heteroatoms. The molecule has 14 N–H and O–H groups in total. The SMILES string of the molecule is CCCC(=O)OCCCC(=O)C(C)CC(CCC(C)C(=O)OCCCC(=O)C(C)CC)C(=O)NCC(=O)[O-].CCCC(=O)OCCCC(=O)C(C)CC(CCC(C)C(=O)OCCCC(=O)C(C)CC)C(=O)NCC(=O)[O-].O=[P+]([O-])OO.O=[P+]([O-])OO.O=[P+]([O-])OO.O=[P+]([O-])OO.O=[P+]([O-])OO.O=[P+]([O-])OO.O=[P+]([O-])OO.O=[P+]([O-])OO.O=[P+]([O-])OO.O=[P+]([O-])OO.O=[P+]([O-])OO.O=[P+]([O-])OO.[Ca+2].[Ca+2].[Ca+2].[Ca+2].[Ca+2].[Ca+2].[Ca+2].[Ca+2].[Ca+2].[Ca+2].[Ca+2].[Ca+2].[Ca+2].[Ca+2]. The van der Waals surface area contributed by atoms with Crippen molar-refractivity contribution in [2.45, 2.75) is 198 Å². The number of ketones is 4. The zero-order valence-electron chi connectivity index (χ0n) is 82.7. The number of rotatable bonds is 56. The standard InChI is InChI=1S/2C28H47NO9.14Ca.12HO4P/c2*1-6-10-26(34)37-15-8-12-24(31)21(5)17-22(27(35)29-18-25(32)33)14-13-20(4)28(36)38-16-9-11-23(30)19(3)7-2;;;;;;;;;;;;;;;12*1-4-5(2)3/h2*19-22H,6-18H2,1-5H3,(H,29,35)(H,32,33);;;;;;;;;;;;;;;12*1H/q;;14*+2;;;;;;;;;;;;/p-2. The predicted molar refractivity (Wildman–Crippen MR) is 493 cm³/mol. The van der Waals surface area contributed by atoms with Gasteiger partial charge in [-0.05, 0) is 145 Å². The van der Waals surface area contributed by atoms with Gasteiger partial charge in [-0.3, -0.25) is 47.9 Å². The molecule has 796 valence electrons. The van der Waals surface area contributed by atoms with Crippen LogP contribution in [-0.2, 0) is 187 Å². The molecule has 0 aromatic carbocycles. The van der Waals surface area contributed by atoms with Crippen LogP contribution in [0.3, 0.4) is 0 Å². The summed E-state index contributed by atoms with van der Waals surface area (Å²) in [5.74, 6) is -8.64. The minimum atomic E-state index is -3.04. The van der Waals surface area contributed by atoms with Gasteiger partial charge in [0.25, 0.3) is 0 Å². The first-order valence-electron chi connectivity index (χ1n) is 36.3. The van der Waals surface area contributed by atoms with E-state index in [0.29, 0.717) is 77.0 Å². The molecule has 0 heterocycles. The van der Waals surface area contributed by atoms with Crippen LogP contribution in [0.1, 0.15) is 198 Å². The molecule has 0 bridgehead atoms. The number of hydrogen-bond donors (Lipinski definition) is 14. The summed E-state index contributed by atoms with van der Waals surface area (Å²) in [6, 6.07) is 0. The van der Waals surface area contributed by atoms with Gasteiger partial charge in [-0.25, -0.2) is 63.1 Å². The van der Waals surface area contributed by atoms with Gasteiger partial charge < -0.3 is 108 Å². The van der Waals surface area contributed by atoms with Crippen LogP contribution in [0.4, 0.5) is 0 Å². The summed E-state index contributed by atoms with van der Waals surface area (Å²) in [6.07, 6.45) is 7.83. The molecule has 68 nitrogen and oxygen atoms in total. The zero-order chi connectivity index (χ0) is 110. The van der Waals surface area contributed by atoms with Gasteiger partial charge in [0.2, 0.25) is 11.8 Å². The summed E-state index contributed by atoms with van der Waals surface area (Å²) in [4.78, 5) is 250. The summed E-state index contributed by atoms with van der Waals surface area (Å²) in [5.41, 5.74) is 0. The Labute approximate surface area is 1290 Å². The molecule has 0 aliphatic heterocycles. The van der Waals surface area contributed by atoms with Crippen LogP contribution in [0, 0.1) is 47.3 Å².